The van der Waals surface area contributed by atoms with Gasteiger partial charge in [0.1, 0.15) is 11.9 Å². The second kappa shape index (κ2) is 7.25. The molecule has 0 aliphatic carbocycles. The fraction of sp³-hybridized carbons (Fsp3) is 0.350. The van der Waals surface area contributed by atoms with Gasteiger partial charge in [0, 0.05) is 11.6 Å². The van der Waals surface area contributed by atoms with E-state index in [9.17, 15) is 5.11 Å². The Labute approximate surface area is 146 Å². The highest BCUT2D eigenvalue weighted by molar-refractivity contribution is 5.55. The van der Waals surface area contributed by atoms with Gasteiger partial charge in [0.05, 0.1) is 19.0 Å². The van der Waals surface area contributed by atoms with Crippen LogP contribution in [0.3, 0.4) is 0 Å². The lowest BCUT2D eigenvalue weighted by molar-refractivity contribution is 0.0965. The van der Waals surface area contributed by atoms with Crippen LogP contribution in [0, 0.1) is 0 Å². The molecule has 0 radical (unpaired) electrons. The van der Waals surface area contributed by atoms with Crippen molar-refractivity contribution in [1.29, 1.82) is 0 Å². The predicted octanol–water partition coefficient (Wildman–Crippen LogP) is 4.02. The van der Waals surface area contributed by atoms with Crippen molar-refractivity contribution < 1.29 is 13.9 Å². The van der Waals surface area contributed by atoms with Crippen LogP contribution in [0.5, 0.6) is 0 Å². The second-order valence-electron chi connectivity index (χ2n) is 6.52. The normalized spacial score (nSPS) is 19.3. The minimum absolute atomic E-state index is 0.312. The third-order valence-electron chi connectivity index (χ3n) is 4.82. The third-order valence-corrected chi connectivity index (χ3v) is 4.82. The summed E-state index contributed by atoms with van der Waals surface area (Å²) in [7, 11) is 0. The number of nitrogens with zero attached hydrogens (tertiary/aromatic N) is 2. The smallest absolute Gasteiger partial charge is 0.209 e. The maximum absolute atomic E-state index is 10.3. The molecule has 2 unspecified atom stereocenters. The van der Waals surface area contributed by atoms with E-state index in [0.717, 1.165) is 36.6 Å². The van der Waals surface area contributed by atoms with Crippen LogP contribution in [-0.2, 0) is 6.54 Å². The molecule has 0 saturated carbocycles. The maximum atomic E-state index is 10.3. The average molecular weight is 338 g/mol. The summed E-state index contributed by atoms with van der Waals surface area (Å²) < 4.78 is 11.2. The topological polar surface area (TPSA) is 62.6 Å². The van der Waals surface area contributed by atoms with Crippen molar-refractivity contribution in [1.82, 2.24) is 9.88 Å². The minimum atomic E-state index is -0.565. The van der Waals surface area contributed by atoms with Crippen LogP contribution in [0.25, 0.3) is 11.3 Å². The van der Waals surface area contributed by atoms with Gasteiger partial charge in [0.15, 0.2) is 5.76 Å². The number of benzene rings is 1. The fourth-order valence-electron chi connectivity index (χ4n) is 3.52. The van der Waals surface area contributed by atoms with Gasteiger partial charge in [-0.25, -0.2) is 4.98 Å². The average Bonchev–Trinajstić information content (AvgIpc) is 3.38. The zero-order valence-corrected chi connectivity index (χ0v) is 14.0. The summed E-state index contributed by atoms with van der Waals surface area (Å²) >= 11 is 0. The van der Waals surface area contributed by atoms with Crippen molar-refractivity contribution in [2.24, 2.45) is 0 Å². The number of hydrogen-bond acceptors (Lipinski definition) is 5. The van der Waals surface area contributed by atoms with E-state index in [0.29, 0.717) is 24.8 Å². The Morgan fingerprint density at radius 3 is 2.88 bits per heavy atom. The van der Waals surface area contributed by atoms with Gasteiger partial charge in [0.25, 0.3) is 0 Å². The minimum Gasteiger partial charge on any atom is -0.467 e. The largest absolute Gasteiger partial charge is 0.467 e. The molecule has 5 nitrogen and oxygen atoms in total. The molecule has 1 aromatic carbocycles. The van der Waals surface area contributed by atoms with Crippen LogP contribution in [-0.4, -0.2) is 27.6 Å². The fourth-order valence-corrected chi connectivity index (χ4v) is 3.52. The van der Waals surface area contributed by atoms with E-state index in [4.69, 9.17) is 8.83 Å². The molecule has 0 bridgehead atoms. The number of aliphatic hydroxyl groups excluding tert-OH is 1. The number of hydrogen-bond donors (Lipinski definition) is 1. The van der Waals surface area contributed by atoms with E-state index in [-0.39, 0.29) is 0 Å². The second-order valence-corrected chi connectivity index (χ2v) is 6.52. The standard InChI is InChI=1S/C20H22N2O3/c23-17(18-9-5-11-24-18)12-16-8-4-10-22(16)14-20-21-13-19(25-20)15-6-2-1-3-7-15/h1-3,5-7,9,11,13,16-17,23H,4,8,10,12,14H2. The highest BCUT2D eigenvalue weighted by Gasteiger charge is 2.29. The molecule has 5 heteroatoms. The Hall–Kier alpha value is -2.37. The van der Waals surface area contributed by atoms with E-state index in [1.165, 1.54) is 0 Å². The lowest BCUT2D eigenvalue weighted by Gasteiger charge is -2.24. The van der Waals surface area contributed by atoms with Crippen LogP contribution in [0.4, 0.5) is 0 Å². The Balaban J connectivity index is 1.41. The van der Waals surface area contributed by atoms with Gasteiger partial charge < -0.3 is 13.9 Å². The molecule has 2 atom stereocenters. The molecule has 0 amide bonds. The molecule has 1 fully saturated rings. The summed E-state index contributed by atoms with van der Waals surface area (Å²) in [5.41, 5.74) is 1.03. The van der Waals surface area contributed by atoms with E-state index in [1.807, 2.05) is 42.5 Å². The van der Waals surface area contributed by atoms with Gasteiger partial charge in [-0.2, -0.15) is 0 Å². The van der Waals surface area contributed by atoms with E-state index >= 15 is 0 Å². The lowest BCUT2D eigenvalue weighted by Crippen LogP contribution is -2.30. The van der Waals surface area contributed by atoms with Gasteiger partial charge >= 0.3 is 0 Å². The first-order valence-electron chi connectivity index (χ1n) is 8.75. The summed E-state index contributed by atoms with van der Waals surface area (Å²) in [6, 6.07) is 13.9. The maximum Gasteiger partial charge on any atom is 0.209 e. The SMILES string of the molecule is OC(CC1CCCN1Cc1ncc(-c2ccccc2)o1)c1ccco1. The number of likely N-dealkylation sites (tertiary alicyclic amines) is 1. The Morgan fingerprint density at radius 1 is 1.20 bits per heavy atom. The van der Waals surface area contributed by atoms with Crippen LogP contribution in [0.1, 0.15) is 37.0 Å². The zero-order valence-electron chi connectivity index (χ0n) is 14.0. The van der Waals surface area contributed by atoms with Crippen molar-refractivity contribution in [3.05, 3.63) is 66.6 Å². The predicted molar refractivity (Wildman–Crippen MR) is 93.7 cm³/mol. The van der Waals surface area contributed by atoms with Crippen LogP contribution >= 0.6 is 0 Å². The summed E-state index contributed by atoms with van der Waals surface area (Å²) in [5, 5.41) is 10.3. The molecular weight excluding hydrogens is 316 g/mol. The first kappa shape index (κ1) is 16.1. The zero-order chi connectivity index (χ0) is 17.1. The van der Waals surface area contributed by atoms with Gasteiger partial charge in [-0.05, 0) is 37.9 Å². The van der Waals surface area contributed by atoms with Crippen molar-refractivity contribution in [3.63, 3.8) is 0 Å². The molecule has 3 aromatic rings. The summed E-state index contributed by atoms with van der Waals surface area (Å²) in [6.45, 7) is 1.67. The molecule has 1 saturated heterocycles. The van der Waals surface area contributed by atoms with Crippen LogP contribution in [0.2, 0.25) is 0 Å². The number of aromatic nitrogens is 1. The van der Waals surface area contributed by atoms with Gasteiger partial charge in [0.2, 0.25) is 5.89 Å². The molecule has 25 heavy (non-hydrogen) atoms. The highest BCUT2D eigenvalue weighted by Crippen LogP contribution is 2.29. The first-order chi connectivity index (χ1) is 12.3. The van der Waals surface area contributed by atoms with Crippen LogP contribution < -0.4 is 0 Å². The van der Waals surface area contributed by atoms with Crippen LogP contribution in [0.15, 0.2) is 63.8 Å². The molecular formula is C20H22N2O3. The van der Waals surface area contributed by atoms with E-state index in [1.54, 1.807) is 12.5 Å². The molecule has 130 valence electrons. The molecule has 1 N–H and O–H groups in total. The van der Waals surface area contributed by atoms with Crippen molar-refractivity contribution in [2.45, 2.75) is 38.0 Å². The molecule has 0 spiro atoms. The molecule has 1 aliphatic rings. The van der Waals surface area contributed by atoms with E-state index in [2.05, 4.69) is 9.88 Å². The summed E-state index contributed by atoms with van der Waals surface area (Å²) in [5.74, 6) is 2.15. The van der Waals surface area contributed by atoms with Gasteiger partial charge in [-0.3, -0.25) is 4.90 Å². The van der Waals surface area contributed by atoms with E-state index < -0.39 is 6.10 Å². The highest BCUT2D eigenvalue weighted by atomic mass is 16.4. The number of oxazole rings is 1. The van der Waals surface area contributed by atoms with Gasteiger partial charge in [-0.1, -0.05) is 30.3 Å². The molecule has 4 rings (SSSR count). The Morgan fingerprint density at radius 2 is 2.08 bits per heavy atom. The molecule has 2 aromatic heterocycles. The number of aliphatic hydroxyl groups is 1. The third kappa shape index (κ3) is 3.67. The molecule has 3 heterocycles. The summed E-state index contributed by atoms with van der Waals surface area (Å²) in [6.07, 6.45) is 5.69. The van der Waals surface area contributed by atoms with Crippen molar-refractivity contribution in [2.75, 3.05) is 6.54 Å². The first-order valence-corrected chi connectivity index (χ1v) is 8.75. The molecule has 1 aliphatic heterocycles. The van der Waals surface area contributed by atoms with Crippen molar-refractivity contribution >= 4 is 0 Å². The quantitative estimate of drug-likeness (QED) is 0.735. The van der Waals surface area contributed by atoms with Crippen molar-refractivity contribution in [3.8, 4) is 11.3 Å². The number of furan rings is 1. The Bertz CT molecular complexity index is 782. The van der Waals surface area contributed by atoms with Gasteiger partial charge in [-0.15, -0.1) is 0 Å². The Kier molecular flexibility index (Phi) is 4.68. The number of rotatable bonds is 6. The lowest BCUT2D eigenvalue weighted by atomic mass is 10.1. The monoisotopic (exact) mass is 338 g/mol. The summed E-state index contributed by atoms with van der Waals surface area (Å²) in [4.78, 5) is 6.77.